The summed E-state index contributed by atoms with van der Waals surface area (Å²) in [7, 11) is 0. The van der Waals surface area contributed by atoms with Crippen molar-refractivity contribution in [3.63, 3.8) is 0 Å². The van der Waals surface area contributed by atoms with Crippen LogP contribution in [0, 0.1) is 0 Å². The summed E-state index contributed by atoms with van der Waals surface area (Å²) in [5.41, 5.74) is -0.534. The van der Waals surface area contributed by atoms with Gasteiger partial charge < -0.3 is 23.8 Å². The van der Waals surface area contributed by atoms with Crippen LogP contribution in [-0.2, 0) is 19.7 Å². The lowest BCUT2D eigenvalue weighted by atomic mass is 9.72. The van der Waals surface area contributed by atoms with Crippen LogP contribution in [0.4, 0.5) is 4.79 Å². The minimum Gasteiger partial charge on any atom is -0.465 e. The molecule has 1 aromatic rings. The van der Waals surface area contributed by atoms with E-state index in [1.54, 1.807) is 11.8 Å². The number of fused-ring (bicyclic) bond motifs is 1. The summed E-state index contributed by atoms with van der Waals surface area (Å²) >= 11 is 0. The highest BCUT2D eigenvalue weighted by Gasteiger charge is 2.46. The molecule has 3 rings (SSSR count). The highest BCUT2D eigenvalue weighted by atomic mass is 16.7. The van der Waals surface area contributed by atoms with Gasteiger partial charge in [0.05, 0.1) is 12.0 Å². The van der Waals surface area contributed by atoms with E-state index >= 15 is 0 Å². The smallest absolute Gasteiger partial charge is 0.410 e. The number of hydrogen-bond acceptors (Lipinski definition) is 6. The van der Waals surface area contributed by atoms with Gasteiger partial charge in [0, 0.05) is 13.1 Å². The number of amides is 1. The van der Waals surface area contributed by atoms with Gasteiger partial charge in [0.25, 0.3) is 0 Å². The van der Waals surface area contributed by atoms with E-state index in [1.807, 2.05) is 39.0 Å². The fraction of sp³-hybridized carbons (Fsp3) is 0.600. The number of carbonyl (C=O) groups excluding carboxylic acids is 2. The molecule has 0 spiro atoms. The molecule has 0 aliphatic carbocycles. The van der Waals surface area contributed by atoms with E-state index in [9.17, 15) is 9.59 Å². The van der Waals surface area contributed by atoms with Crippen molar-refractivity contribution in [2.24, 2.45) is 0 Å². The molecule has 2 heterocycles. The standard InChI is InChI=1S/C20H27NO6/c1-5-24-17(22)20(14-6-7-15-16(12-14)26-13-25-15)8-10-21(11-9-20)18(23)27-19(2,3)4/h6-7,12H,5,8-11,13H2,1-4H3. The van der Waals surface area contributed by atoms with Gasteiger partial charge in [0.1, 0.15) is 5.60 Å². The molecule has 1 amide bonds. The predicted molar refractivity (Wildman–Crippen MR) is 97.9 cm³/mol. The van der Waals surface area contributed by atoms with E-state index in [4.69, 9.17) is 18.9 Å². The number of ether oxygens (including phenoxy) is 4. The minimum absolute atomic E-state index is 0.178. The van der Waals surface area contributed by atoms with Crippen molar-refractivity contribution < 1.29 is 28.5 Å². The van der Waals surface area contributed by atoms with Gasteiger partial charge >= 0.3 is 12.1 Å². The van der Waals surface area contributed by atoms with E-state index in [-0.39, 0.29) is 18.9 Å². The van der Waals surface area contributed by atoms with E-state index in [2.05, 4.69) is 0 Å². The minimum atomic E-state index is -0.810. The second-order valence-electron chi connectivity index (χ2n) is 7.84. The van der Waals surface area contributed by atoms with Crippen LogP contribution in [0.2, 0.25) is 0 Å². The first-order chi connectivity index (χ1) is 12.7. The van der Waals surface area contributed by atoms with Crippen molar-refractivity contribution >= 4 is 12.1 Å². The molecular weight excluding hydrogens is 350 g/mol. The van der Waals surface area contributed by atoms with E-state index in [0.29, 0.717) is 44.0 Å². The molecule has 0 unspecified atom stereocenters. The number of carbonyl (C=O) groups is 2. The zero-order valence-corrected chi connectivity index (χ0v) is 16.4. The molecule has 7 nitrogen and oxygen atoms in total. The van der Waals surface area contributed by atoms with Crippen LogP contribution in [0.15, 0.2) is 18.2 Å². The lowest BCUT2D eigenvalue weighted by Gasteiger charge is -2.40. The first-order valence-corrected chi connectivity index (χ1v) is 9.30. The SMILES string of the molecule is CCOC(=O)C1(c2ccc3c(c2)OCO3)CCN(C(=O)OC(C)(C)C)CC1. The van der Waals surface area contributed by atoms with Crippen LogP contribution in [0.1, 0.15) is 46.1 Å². The number of esters is 1. The van der Waals surface area contributed by atoms with Gasteiger partial charge in [-0.2, -0.15) is 0 Å². The Labute approximate surface area is 159 Å². The Hall–Kier alpha value is -2.44. The van der Waals surface area contributed by atoms with Crippen LogP contribution >= 0.6 is 0 Å². The fourth-order valence-electron chi connectivity index (χ4n) is 3.47. The van der Waals surface area contributed by atoms with Crippen LogP contribution in [-0.4, -0.2) is 49.1 Å². The molecule has 27 heavy (non-hydrogen) atoms. The maximum atomic E-state index is 12.9. The van der Waals surface area contributed by atoms with E-state index < -0.39 is 11.0 Å². The Kier molecular flexibility index (Phi) is 5.22. The maximum Gasteiger partial charge on any atom is 0.410 e. The molecule has 0 radical (unpaired) electrons. The first kappa shape index (κ1) is 19.3. The van der Waals surface area contributed by atoms with Crippen LogP contribution in [0.5, 0.6) is 11.5 Å². The monoisotopic (exact) mass is 377 g/mol. The van der Waals surface area contributed by atoms with Gasteiger partial charge in [-0.1, -0.05) is 6.07 Å². The summed E-state index contributed by atoms with van der Waals surface area (Å²) in [6, 6.07) is 5.55. The average molecular weight is 377 g/mol. The van der Waals surface area contributed by atoms with Gasteiger partial charge in [-0.25, -0.2) is 4.79 Å². The molecular formula is C20H27NO6. The fourth-order valence-corrected chi connectivity index (χ4v) is 3.47. The number of hydrogen-bond donors (Lipinski definition) is 0. The van der Waals surface area contributed by atoms with Gasteiger partial charge in [-0.15, -0.1) is 0 Å². The van der Waals surface area contributed by atoms with Gasteiger partial charge in [-0.3, -0.25) is 4.79 Å². The number of rotatable bonds is 3. The summed E-state index contributed by atoms with van der Waals surface area (Å²) in [6.45, 7) is 8.63. The van der Waals surface area contributed by atoms with Crippen LogP contribution in [0.25, 0.3) is 0 Å². The van der Waals surface area contributed by atoms with Crippen molar-refractivity contribution in [1.82, 2.24) is 4.90 Å². The van der Waals surface area contributed by atoms with Crippen molar-refractivity contribution in [3.05, 3.63) is 23.8 Å². The molecule has 7 heteroatoms. The molecule has 2 aliphatic rings. The number of nitrogens with zero attached hydrogens (tertiary/aromatic N) is 1. The molecule has 1 aromatic carbocycles. The third-order valence-corrected chi connectivity index (χ3v) is 4.86. The average Bonchev–Trinajstić information content (AvgIpc) is 3.08. The van der Waals surface area contributed by atoms with Gasteiger partial charge in [0.15, 0.2) is 11.5 Å². The predicted octanol–water partition coefficient (Wildman–Crippen LogP) is 3.25. The summed E-state index contributed by atoms with van der Waals surface area (Å²) in [5.74, 6) is 1.03. The van der Waals surface area contributed by atoms with Gasteiger partial charge in [-0.05, 0) is 58.2 Å². The molecule has 0 bridgehead atoms. The lowest BCUT2D eigenvalue weighted by Crippen LogP contribution is -2.50. The first-order valence-electron chi connectivity index (χ1n) is 9.30. The third-order valence-electron chi connectivity index (χ3n) is 4.86. The molecule has 0 saturated carbocycles. The maximum absolute atomic E-state index is 12.9. The topological polar surface area (TPSA) is 74.3 Å². The number of likely N-dealkylation sites (tertiary alicyclic amines) is 1. The second kappa shape index (κ2) is 7.29. The largest absolute Gasteiger partial charge is 0.465 e. The van der Waals surface area contributed by atoms with E-state index in [0.717, 1.165) is 5.56 Å². The summed E-state index contributed by atoms with van der Waals surface area (Å²) < 4.78 is 21.7. The van der Waals surface area contributed by atoms with Crippen LogP contribution in [0.3, 0.4) is 0 Å². The van der Waals surface area contributed by atoms with Crippen LogP contribution < -0.4 is 9.47 Å². The normalized spacial score (nSPS) is 18.1. The third kappa shape index (κ3) is 3.96. The molecule has 0 atom stereocenters. The highest BCUT2D eigenvalue weighted by molar-refractivity contribution is 5.84. The van der Waals surface area contributed by atoms with E-state index in [1.165, 1.54) is 0 Å². The molecule has 1 fully saturated rings. The Balaban J connectivity index is 1.82. The summed E-state index contributed by atoms with van der Waals surface area (Å²) in [6.07, 6.45) is 0.570. The van der Waals surface area contributed by atoms with Crippen molar-refractivity contribution in [3.8, 4) is 11.5 Å². The zero-order valence-electron chi connectivity index (χ0n) is 16.4. The lowest BCUT2D eigenvalue weighted by molar-refractivity contribution is -0.152. The molecule has 0 aromatic heterocycles. The zero-order chi connectivity index (χ0) is 19.7. The second-order valence-corrected chi connectivity index (χ2v) is 7.84. The number of benzene rings is 1. The highest BCUT2D eigenvalue weighted by Crippen LogP contribution is 2.42. The quantitative estimate of drug-likeness (QED) is 0.753. The summed E-state index contributed by atoms with van der Waals surface area (Å²) in [4.78, 5) is 26.9. The Morgan fingerprint density at radius 2 is 1.81 bits per heavy atom. The summed E-state index contributed by atoms with van der Waals surface area (Å²) in [5, 5.41) is 0. The van der Waals surface area contributed by atoms with Crippen molar-refractivity contribution in [2.45, 2.75) is 51.6 Å². The Bertz CT molecular complexity index is 716. The molecule has 1 saturated heterocycles. The number of piperidine rings is 1. The molecule has 0 N–H and O–H groups in total. The van der Waals surface area contributed by atoms with Gasteiger partial charge in [0.2, 0.25) is 6.79 Å². The van der Waals surface area contributed by atoms with Crippen molar-refractivity contribution in [2.75, 3.05) is 26.5 Å². The Morgan fingerprint density at radius 1 is 1.15 bits per heavy atom. The van der Waals surface area contributed by atoms with Crippen molar-refractivity contribution in [1.29, 1.82) is 0 Å². The molecule has 2 aliphatic heterocycles. The Morgan fingerprint density at radius 3 is 2.44 bits per heavy atom. The molecule has 148 valence electrons.